The second kappa shape index (κ2) is 6.58. The molecule has 2 aromatic rings. The first-order valence-electron chi connectivity index (χ1n) is 6.49. The molecule has 0 fully saturated rings. The fourth-order valence-electron chi connectivity index (χ4n) is 2.19. The molecule has 0 aliphatic carbocycles. The van der Waals surface area contributed by atoms with Gasteiger partial charge in [-0.3, -0.25) is 4.79 Å². The highest BCUT2D eigenvalue weighted by molar-refractivity contribution is 6.32. The lowest BCUT2D eigenvalue weighted by atomic mass is 9.92. The lowest BCUT2D eigenvalue weighted by Gasteiger charge is -2.15. The maximum absolute atomic E-state index is 11.5. The van der Waals surface area contributed by atoms with Crippen LogP contribution in [0.5, 0.6) is 17.2 Å². The first-order chi connectivity index (χ1) is 10.4. The van der Waals surface area contributed by atoms with E-state index < -0.39 is 11.9 Å². The molecule has 0 aliphatic rings. The minimum Gasteiger partial charge on any atom is -0.508 e. The maximum Gasteiger partial charge on any atom is 0.311 e. The molecule has 2 aromatic carbocycles. The van der Waals surface area contributed by atoms with Gasteiger partial charge in [0.05, 0.1) is 18.1 Å². The Hall–Kier alpha value is -2.40. The minimum atomic E-state index is -0.992. The van der Waals surface area contributed by atoms with Crippen LogP contribution in [0.25, 0.3) is 0 Å². The quantitative estimate of drug-likeness (QED) is 0.787. The highest BCUT2D eigenvalue weighted by atomic mass is 35.5. The van der Waals surface area contributed by atoms with E-state index in [-0.39, 0.29) is 28.7 Å². The largest absolute Gasteiger partial charge is 0.508 e. The Balaban J connectivity index is 2.34. The van der Waals surface area contributed by atoms with Crippen molar-refractivity contribution in [3.8, 4) is 17.2 Å². The summed E-state index contributed by atoms with van der Waals surface area (Å²) >= 11 is 5.92. The molecular weight excluding hydrogens is 308 g/mol. The fraction of sp³-hybridized carbons (Fsp3) is 0.188. The van der Waals surface area contributed by atoms with E-state index >= 15 is 0 Å². The Morgan fingerprint density at radius 3 is 2.41 bits per heavy atom. The highest BCUT2D eigenvalue weighted by Gasteiger charge is 2.21. The summed E-state index contributed by atoms with van der Waals surface area (Å²) in [5.41, 5.74) is 1.19. The lowest BCUT2D eigenvalue weighted by molar-refractivity contribution is -0.138. The SMILES string of the molecule is COc1cc(CC(C(=O)O)c2ccc(O)cc2)cc(Cl)c1O. The molecule has 3 N–H and O–H groups in total. The van der Waals surface area contributed by atoms with Gasteiger partial charge >= 0.3 is 5.97 Å². The topological polar surface area (TPSA) is 87.0 Å². The molecule has 6 heteroatoms. The van der Waals surface area contributed by atoms with E-state index in [0.717, 1.165) is 0 Å². The van der Waals surface area contributed by atoms with Gasteiger partial charge in [-0.25, -0.2) is 0 Å². The second-order valence-corrected chi connectivity index (χ2v) is 5.22. The highest BCUT2D eigenvalue weighted by Crippen LogP contribution is 2.36. The summed E-state index contributed by atoms with van der Waals surface area (Å²) < 4.78 is 5.02. The summed E-state index contributed by atoms with van der Waals surface area (Å²) in [6.07, 6.45) is 0.177. The van der Waals surface area contributed by atoms with Gasteiger partial charge < -0.3 is 20.1 Å². The number of aromatic hydroxyl groups is 2. The van der Waals surface area contributed by atoms with Crippen LogP contribution in [-0.2, 0) is 11.2 Å². The zero-order valence-corrected chi connectivity index (χ0v) is 12.5. The molecular formula is C16H15ClO5. The zero-order valence-electron chi connectivity index (χ0n) is 11.8. The molecule has 1 atom stereocenters. The van der Waals surface area contributed by atoms with E-state index in [1.54, 1.807) is 18.2 Å². The first kappa shape index (κ1) is 16.0. The molecule has 0 saturated carbocycles. The number of halogens is 1. The number of rotatable bonds is 5. The second-order valence-electron chi connectivity index (χ2n) is 4.81. The van der Waals surface area contributed by atoms with Crippen LogP contribution in [0.2, 0.25) is 5.02 Å². The van der Waals surface area contributed by atoms with Crippen LogP contribution < -0.4 is 4.74 Å². The van der Waals surface area contributed by atoms with Gasteiger partial charge in [0.15, 0.2) is 11.5 Å². The Labute approximate surface area is 132 Å². The van der Waals surface area contributed by atoms with Crippen molar-refractivity contribution in [2.45, 2.75) is 12.3 Å². The van der Waals surface area contributed by atoms with E-state index in [2.05, 4.69) is 0 Å². The Kier molecular flexibility index (Phi) is 4.78. The van der Waals surface area contributed by atoms with Gasteiger partial charge in [-0.2, -0.15) is 0 Å². The van der Waals surface area contributed by atoms with E-state index in [0.29, 0.717) is 11.1 Å². The van der Waals surface area contributed by atoms with Crippen LogP contribution in [0, 0.1) is 0 Å². The van der Waals surface area contributed by atoms with Crippen LogP contribution in [0.15, 0.2) is 36.4 Å². The summed E-state index contributed by atoms with van der Waals surface area (Å²) in [5, 5.41) is 28.5. The first-order valence-corrected chi connectivity index (χ1v) is 6.87. The van der Waals surface area contributed by atoms with Crippen molar-refractivity contribution in [2.75, 3.05) is 7.11 Å². The van der Waals surface area contributed by atoms with Gasteiger partial charge in [-0.05, 0) is 41.8 Å². The zero-order chi connectivity index (χ0) is 16.3. The number of hydrogen-bond donors (Lipinski definition) is 3. The van der Waals surface area contributed by atoms with Crippen molar-refractivity contribution in [3.05, 3.63) is 52.5 Å². The van der Waals surface area contributed by atoms with Crippen molar-refractivity contribution >= 4 is 17.6 Å². The van der Waals surface area contributed by atoms with Crippen LogP contribution in [-0.4, -0.2) is 28.4 Å². The van der Waals surface area contributed by atoms with E-state index in [4.69, 9.17) is 16.3 Å². The van der Waals surface area contributed by atoms with E-state index in [9.17, 15) is 20.1 Å². The molecule has 0 bridgehead atoms. The van der Waals surface area contributed by atoms with Gasteiger partial charge in [-0.1, -0.05) is 23.7 Å². The van der Waals surface area contributed by atoms with Crippen molar-refractivity contribution < 1.29 is 24.9 Å². The molecule has 1 unspecified atom stereocenters. The van der Waals surface area contributed by atoms with Crippen molar-refractivity contribution in [2.24, 2.45) is 0 Å². The number of phenols is 2. The number of aliphatic carboxylic acids is 1. The molecule has 0 heterocycles. The van der Waals surface area contributed by atoms with E-state index in [1.807, 2.05) is 0 Å². The third-order valence-corrected chi connectivity index (χ3v) is 3.63. The van der Waals surface area contributed by atoms with Crippen LogP contribution in [0.1, 0.15) is 17.0 Å². The Bertz CT molecular complexity index is 682. The van der Waals surface area contributed by atoms with Gasteiger partial charge in [0.1, 0.15) is 5.75 Å². The number of methoxy groups -OCH3 is 1. The summed E-state index contributed by atoms with van der Waals surface area (Å²) in [6, 6.07) is 9.07. The average Bonchev–Trinajstić information content (AvgIpc) is 2.49. The van der Waals surface area contributed by atoms with Gasteiger partial charge in [0.2, 0.25) is 0 Å². The molecule has 0 saturated heterocycles. The molecule has 0 aromatic heterocycles. The molecule has 22 heavy (non-hydrogen) atoms. The summed E-state index contributed by atoms with van der Waals surface area (Å²) in [4.78, 5) is 11.5. The summed E-state index contributed by atoms with van der Waals surface area (Å²) in [5.74, 6) is -1.70. The minimum absolute atomic E-state index is 0.0715. The van der Waals surface area contributed by atoms with Gasteiger partial charge in [-0.15, -0.1) is 0 Å². The standard InChI is InChI=1S/C16H15ClO5/c1-22-14-8-9(7-13(17)15(14)19)6-12(16(20)21)10-2-4-11(18)5-3-10/h2-5,7-8,12,18-19H,6H2,1H3,(H,20,21). The third kappa shape index (κ3) is 3.43. The molecule has 2 rings (SSSR count). The molecule has 116 valence electrons. The van der Waals surface area contributed by atoms with Crippen molar-refractivity contribution in [1.29, 1.82) is 0 Å². The lowest BCUT2D eigenvalue weighted by Crippen LogP contribution is -2.14. The monoisotopic (exact) mass is 322 g/mol. The summed E-state index contributed by atoms with van der Waals surface area (Å²) in [7, 11) is 1.39. The number of carboxylic acid groups (broad SMARTS) is 1. The molecule has 0 radical (unpaired) electrons. The Morgan fingerprint density at radius 2 is 1.86 bits per heavy atom. The molecule has 0 amide bonds. The molecule has 0 spiro atoms. The Morgan fingerprint density at radius 1 is 1.23 bits per heavy atom. The number of hydrogen-bond acceptors (Lipinski definition) is 4. The van der Waals surface area contributed by atoms with Gasteiger partial charge in [0, 0.05) is 0 Å². The number of benzene rings is 2. The predicted octanol–water partition coefficient (Wildman–Crippen LogP) is 3.17. The van der Waals surface area contributed by atoms with Gasteiger partial charge in [0.25, 0.3) is 0 Å². The third-order valence-electron chi connectivity index (χ3n) is 3.34. The van der Waals surface area contributed by atoms with Crippen molar-refractivity contribution in [1.82, 2.24) is 0 Å². The predicted molar refractivity (Wildman–Crippen MR) is 81.9 cm³/mol. The number of carbonyl (C=O) groups is 1. The normalized spacial score (nSPS) is 11.9. The van der Waals surface area contributed by atoms with Crippen LogP contribution in [0.4, 0.5) is 0 Å². The fourth-order valence-corrected chi connectivity index (χ4v) is 2.42. The number of phenolic OH excluding ortho intramolecular Hbond substituents is 2. The van der Waals surface area contributed by atoms with E-state index in [1.165, 1.54) is 25.3 Å². The van der Waals surface area contributed by atoms with Crippen LogP contribution in [0.3, 0.4) is 0 Å². The average molecular weight is 323 g/mol. The summed E-state index contributed by atoms with van der Waals surface area (Å²) in [6.45, 7) is 0. The number of carboxylic acids is 1. The van der Waals surface area contributed by atoms with Crippen molar-refractivity contribution in [3.63, 3.8) is 0 Å². The number of ether oxygens (including phenoxy) is 1. The van der Waals surface area contributed by atoms with Crippen LogP contribution >= 0.6 is 11.6 Å². The smallest absolute Gasteiger partial charge is 0.311 e. The molecule has 5 nitrogen and oxygen atoms in total. The maximum atomic E-state index is 11.5. The molecule has 0 aliphatic heterocycles.